The summed E-state index contributed by atoms with van der Waals surface area (Å²) in [6.07, 6.45) is 0. The van der Waals surface area contributed by atoms with Crippen molar-refractivity contribution in [2.24, 2.45) is 0 Å². The SMILES string of the molecule is COc1ccc(NS(=O)(=O)c2cc(C(=O)O)ccc2Cl)c([N+](=O)[O-])c1. The smallest absolute Gasteiger partial charge is 0.335 e. The summed E-state index contributed by atoms with van der Waals surface area (Å²) in [6.45, 7) is 0. The van der Waals surface area contributed by atoms with Crippen molar-refractivity contribution in [2.75, 3.05) is 11.8 Å². The van der Waals surface area contributed by atoms with Crippen LogP contribution in [0.2, 0.25) is 5.02 Å². The van der Waals surface area contributed by atoms with E-state index in [0.29, 0.717) is 0 Å². The van der Waals surface area contributed by atoms with Crippen LogP contribution in [0, 0.1) is 10.1 Å². The number of sulfonamides is 1. The largest absolute Gasteiger partial charge is 0.496 e. The number of nitrogens with one attached hydrogen (secondary N) is 1. The van der Waals surface area contributed by atoms with E-state index < -0.39 is 31.5 Å². The third kappa shape index (κ3) is 3.98. The first kappa shape index (κ1) is 18.5. The Labute approximate surface area is 147 Å². The summed E-state index contributed by atoms with van der Waals surface area (Å²) in [5.41, 5.74) is -1.15. The van der Waals surface area contributed by atoms with Gasteiger partial charge in [0.25, 0.3) is 15.7 Å². The predicted molar refractivity (Wildman–Crippen MR) is 88.9 cm³/mol. The number of ether oxygens (including phenoxy) is 1. The number of nitro benzene ring substituents is 1. The summed E-state index contributed by atoms with van der Waals surface area (Å²) >= 11 is 5.84. The molecule has 0 unspecified atom stereocenters. The van der Waals surface area contributed by atoms with Crippen molar-refractivity contribution < 1.29 is 28.0 Å². The number of rotatable bonds is 6. The highest BCUT2D eigenvalue weighted by Gasteiger charge is 2.24. The molecule has 0 saturated heterocycles. The van der Waals surface area contributed by atoms with E-state index in [2.05, 4.69) is 0 Å². The first-order valence-corrected chi connectivity index (χ1v) is 8.40. The number of carboxylic acid groups (broad SMARTS) is 1. The summed E-state index contributed by atoms with van der Waals surface area (Å²) in [5.74, 6) is -1.18. The maximum absolute atomic E-state index is 12.5. The normalized spacial score (nSPS) is 11.0. The Morgan fingerprint density at radius 2 is 1.96 bits per heavy atom. The third-order valence-corrected chi connectivity index (χ3v) is 4.96. The molecule has 2 rings (SSSR count). The van der Waals surface area contributed by atoms with Gasteiger partial charge in [0.05, 0.1) is 28.7 Å². The molecule has 2 aromatic carbocycles. The van der Waals surface area contributed by atoms with Crippen LogP contribution < -0.4 is 9.46 Å². The van der Waals surface area contributed by atoms with E-state index in [1.54, 1.807) is 0 Å². The van der Waals surface area contributed by atoms with Gasteiger partial charge in [-0.1, -0.05) is 11.6 Å². The predicted octanol–water partition coefficient (Wildman–Crippen LogP) is 2.76. The van der Waals surface area contributed by atoms with Crippen molar-refractivity contribution in [1.82, 2.24) is 0 Å². The molecule has 0 radical (unpaired) electrons. The van der Waals surface area contributed by atoms with Crippen molar-refractivity contribution in [1.29, 1.82) is 0 Å². The molecule has 132 valence electrons. The fourth-order valence-corrected chi connectivity index (χ4v) is 3.52. The van der Waals surface area contributed by atoms with E-state index in [4.69, 9.17) is 21.4 Å². The van der Waals surface area contributed by atoms with Crippen LogP contribution in [-0.4, -0.2) is 31.5 Å². The van der Waals surface area contributed by atoms with Crippen molar-refractivity contribution in [2.45, 2.75) is 4.90 Å². The molecule has 11 heteroatoms. The highest BCUT2D eigenvalue weighted by Crippen LogP contribution is 2.32. The van der Waals surface area contributed by atoms with Gasteiger partial charge in [-0.3, -0.25) is 14.8 Å². The minimum absolute atomic E-state index is 0.167. The molecule has 0 fully saturated rings. The number of carbonyl (C=O) groups is 1. The quantitative estimate of drug-likeness (QED) is 0.575. The molecule has 0 saturated carbocycles. The molecule has 0 aliphatic heterocycles. The van der Waals surface area contributed by atoms with Crippen molar-refractivity contribution in [3.8, 4) is 5.75 Å². The Bertz CT molecular complexity index is 960. The lowest BCUT2D eigenvalue weighted by Gasteiger charge is -2.11. The molecule has 9 nitrogen and oxygen atoms in total. The minimum Gasteiger partial charge on any atom is -0.496 e. The first-order chi connectivity index (χ1) is 11.7. The van der Waals surface area contributed by atoms with Gasteiger partial charge < -0.3 is 9.84 Å². The highest BCUT2D eigenvalue weighted by molar-refractivity contribution is 7.92. The summed E-state index contributed by atoms with van der Waals surface area (Å²) in [7, 11) is -3.06. The van der Waals surface area contributed by atoms with E-state index in [1.165, 1.54) is 13.2 Å². The lowest BCUT2D eigenvalue weighted by atomic mass is 10.2. The molecule has 2 N–H and O–H groups in total. The van der Waals surface area contributed by atoms with Gasteiger partial charge >= 0.3 is 5.97 Å². The average Bonchev–Trinajstić information content (AvgIpc) is 2.54. The number of anilines is 1. The number of nitrogens with zero attached hydrogens (tertiary/aromatic N) is 1. The molecule has 0 bridgehead atoms. The zero-order valence-electron chi connectivity index (χ0n) is 12.6. The second kappa shape index (κ2) is 6.95. The molecular formula is C14H11ClN2O7S. The van der Waals surface area contributed by atoms with Crippen LogP contribution in [-0.2, 0) is 10.0 Å². The Kier molecular flexibility index (Phi) is 5.14. The Hall–Kier alpha value is -2.85. The van der Waals surface area contributed by atoms with E-state index in [0.717, 1.165) is 30.3 Å². The van der Waals surface area contributed by atoms with Crippen LogP contribution in [0.5, 0.6) is 5.75 Å². The number of methoxy groups -OCH3 is 1. The average molecular weight is 387 g/mol. The lowest BCUT2D eigenvalue weighted by Crippen LogP contribution is -2.15. The Balaban J connectivity index is 2.51. The van der Waals surface area contributed by atoms with E-state index in [9.17, 15) is 23.3 Å². The van der Waals surface area contributed by atoms with Gasteiger partial charge in [0, 0.05) is 0 Å². The van der Waals surface area contributed by atoms with E-state index in [1.807, 2.05) is 4.72 Å². The molecule has 0 aliphatic rings. The topological polar surface area (TPSA) is 136 Å². The number of hydrogen-bond donors (Lipinski definition) is 2. The van der Waals surface area contributed by atoms with Crippen LogP contribution in [0.15, 0.2) is 41.3 Å². The zero-order valence-corrected chi connectivity index (χ0v) is 14.2. The molecule has 0 aliphatic carbocycles. The number of halogens is 1. The van der Waals surface area contributed by atoms with Gasteiger partial charge in [0.2, 0.25) is 0 Å². The summed E-state index contributed by atoms with van der Waals surface area (Å²) in [5, 5.41) is 19.9. The van der Waals surface area contributed by atoms with Gasteiger partial charge in [-0.2, -0.15) is 0 Å². The number of carboxylic acids is 1. The van der Waals surface area contributed by atoms with Crippen LogP contribution in [0.3, 0.4) is 0 Å². The number of benzene rings is 2. The minimum atomic E-state index is -4.37. The fraction of sp³-hybridized carbons (Fsp3) is 0.0714. The monoisotopic (exact) mass is 386 g/mol. The molecule has 0 atom stereocenters. The van der Waals surface area contributed by atoms with E-state index >= 15 is 0 Å². The highest BCUT2D eigenvalue weighted by atomic mass is 35.5. The standard InChI is InChI=1S/C14H11ClN2O7S/c1-24-9-3-5-11(12(7-9)17(20)21)16-25(22,23)13-6-8(14(18)19)2-4-10(13)15/h2-7,16H,1H3,(H,18,19). The second-order valence-electron chi connectivity index (χ2n) is 4.70. The number of hydrogen-bond acceptors (Lipinski definition) is 6. The van der Waals surface area contributed by atoms with Crippen LogP contribution in [0.1, 0.15) is 10.4 Å². The molecule has 0 amide bonds. The van der Waals surface area contributed by atoms with E-state index in [-0.39, 0.29) is 22.0 Å². The molecule has 25 heavy (non-hydrogen) atoms. The summed E-state index contributed by atoms with van der Waals surface area (Å²) in [4.78, 5) is 20.8. The molecular weight excluding hydrogens is 376 g/mol. The number of nitro groups is 1. The van der Waals surface area contributed by atoms with Crippen LogP contribution in [0.25, 0.3) is 0 Å². The maximum atomic E-state index is 12.5. The van der Waals surface area contributed by atoms with Crippen molar-refractivity contribution >= 4 is 39.0 Å². The van der Waals surface area contributed by atoms with Crippen LogP contribution >= 0.6 is 11.6 Å². The Morgan fingerprint density at radius 3 is 2.52 bits per heavy atom. The molecule has 2 aromatic rings. The fourth-order valence-electron chi connectivity index (χ4n) is 1.92. The van der Waals surface area contributed by atoms with Gasteiger partial charge in [0.1, 0.15) is 16.3 Å². The zero-order chi connectivity index (χ0) is 18.8. The molecule has 0 aromatic heterocycles. The summed E-state index contributed by atoms with van der Waals surface area (Å²) in [6, 6.07) is 6.65. The van der Waals surface area contributed by atoms with Gasteiger partial charge in [-0.05, 0) is 30.3 Å². The van der Waals surface area contributed by atoms with Gasteiger partial charge in [-0.25, -0.2) is 13.2 Å². The third-order valence-electron chi connectivity index (χ3n) is 3.11. The molecule has 0 spiro atoms. The van der Waals surface area contributed by atoms with Crippen molar-refractivity contribution in [3.63, 3.8) is 0 Å². The van der Waals surface area contributed by atoms with Crippen LogP contribution in [0.4, 0.5) is 11.4 Å². The lowest BCUT2D eigenvalue weighted by molar-refractivity contribution is -0.384. The number of aromatic carboxylic acids is 1. The Morgan fingerprint density at radius 1 is 1.28 bits per heavy atom. The second-order valence-corrected chi connectivity index (χ2v) is 6.75. The maximum Gasteiger partial charge on any atom is 0.335 e. The van der Waals surface area contributed by atoms with Gasteiger partial charge in [-0.15, -0.1) is 0 Å². The summed E-state index contributed by atoms with van der Waals surface area (Å²) < 4.78 is 31.9. The first-order valence-electron chi connectivity index (χ1n) is 6.54. The van der Waals surface area contributed by atoms with Gasteiger partial charge in [0.15, 0.2) is 0 Å². The van der Waals surface area contributed by atoms with Crippen molar-refractivity contribution in [3.05, 3.63) is 57.1 Å². The molecule has 0 heterocycles.